The van der Waals surface area contributed by atoms with Crippen molar-refractivity contribution >= 4 is 29.4 Å². The highest BCUT2D eigenvalue weighted by molar-refractivity contribution is 7.80. The molecule has 110 valence electrons. The topological polar surface area (TPSA) is 42.4 Å². The summed E-state index contributed by atoms with van der Waals surface area (Å²) in [6, 6.07) is 7.45. The first-order valence-corrected chi connectivity index (χ1v) is 7.55. The Labute approximate surface area is 129 Å². The van der Waals surface area contributed by atoms with E-state index in [9.17, 15) is 4.79 Å². The first-order chi connectivity index (χ1) is 10.2. The van der Waals surface area contributed by atoms with Crippen molar-refractivity contribution in [1.29, 1.82) is 0 Å². The fraction of sp³-hybridized carbons (Fsp3) is 0.375. The molecule has 1 aliphatic heterocycles. The average molecular weight is 302 g/mol. The Kier molecular flexibility index (Phi) is 4.12. The molecule has 0 bridgehead atoms. The highest BCUT2D eigenvalue weighted by Gasteiger charge is 2.22. The number of fused-ring (bicyclic) bond motifs is 1. The Morgan fingerprint density at radius 3 is 3.10 bits per heavy atom. The highest BCUT2D eigenvalue weighted by atomic mass is 32.1. The number of rotatable bonds is 3. The van der Waals surface area contributed by atoms with Crippen LogP contribution in [-0.4, -0.2) is 42.1 Å². The lowest BCUT2D eigenvalue weighted by molar-refractivity contribution is 0.0588. The molecule has 0 spiro atoms. The lowest BCUT2D eigenvalue weighted by atomic mass is 10.1. The van der Waals surface area contributed by atoms with Crippen LogP contribution in [0.3, 0.4) is 0 Å². The molecule has 1 unspecified atom stereocenters. The molecule has 1 aliphatic rings. The molecule has 1 aromatic heterocycles. The molecule has 1 fully saturated rings. The van der Waals surface area contributed by atoms with Gasteiger partial charge in [0.15, 0.2) is 0 Å². The van der Waals surface area contributed by atoms with Gasteiger partial charge in [-0.05, 0) is 25.0 Å². The Morgan fingerprint density at radius 1 is 1.48 bits per heavy atom. The quantitative estimate of drug-likeness (QED) is 0.887. The Morgan fingerprint density at radius 2 is 2.33 bits per heavy atom. The number of amides is 1. The van der Waals surface area contributed by atoms with Crippen LogP contribution in [0.25, 0.3) is 10.9 Å². The predicted molar refractivity (Wildman–Crippen MR) is 84.9 cm³/mol. The maximum absolute atomic E-state index is 12.7. The molecule has 1 amide bonds. The van der Waals surface area contributed by atoms with Gasteiger partial charge in [-0.1, -0.05) is 12.1 Å². The van der Waals surface area contributed by atoms with Gasteiger partial charge >= 0.3 is 0 Å². The van der Waals surface area contributed by atoms with Crippen LogP contribution < -0.4 is 0 Å². The zero-order chi connectivity index (χ0) is 14.8. The summed E-state index contributed by atoms with van der Waals surface area (Å²) in [5.74, 6) is -0.00293. The van der Waals surface area contributed by atoms with Crippen LogP contribution in [0, 0.1) is 0 Å². The molecular formula is C16H18N2O2S. The molecule has 4 nitrogen and oxygen atoms in total. The normalized spacial score (nSPS) is 18.1. The van der Waals surface area contributed by atoms with Gasteiger partial charge in [0.25, 0.3) is 5.91 Å². The number of para-hydroxylation sites is 1. The van der Waals surface area contributed by atoms with E-state index in [0.717, 1.165) is 35.2 Å². The minimum absolute atomic E-state index is 0.00293. The maximum atomic E-state index is 12.7. The summed E-state index contributed by atoms with van der Waals surface area (Å²) < 4.78 is 5.60. The zero-order valence-electron chi connectivity index (χ0n) is 12.0. The van der Waals surface area contributed by atoms with Crippen LogP contribution in [0.15, 0.2) is 35.4 Å². The van der Waals surface area contributed by atoms with Gasteiger partial charge in [0.05, 0.1) is 17.2 Å². The summed E-state index contributed by atoms with van der Waals surface area (Å²) in [5.41, 5.74) is 1.42. The number of ether oxygens (including phenoxy) is 1. The molecular weight excluding hydrogens is 284 g/mol. The van der Waals surface area contributed by atoms with Gasteiger partial charge < -0.3 is 9.64 Å². The highest BCUT2D eigenvalue weighted by Crippen LogP contribution is 2.24. The molecule has 2 aromatic rings. The average Bonchev–Trinajstić information content (AvgIpc) is 2.99. The van der Waals surface area contributed by atoms with Crippen molar-refractivity contribution in [3.63, 3.8) is 0 Å². The zero-order valence-corrected chi connectivity index (χ0v) is 12.8. The lowest BCUT2D eigenvalue weighted by Crippen LogP contribution is -2.34. The number of benzene rings is 1. The first kappa shape index (κ1) is 14.4. The van der Waals surface area contributed by atoms with Crippen molar-refractivity contribution in [2.75, 3.05) is 20.2 Å². The Hall–Kier alpha value is -1.59. The fourth-order valence-electron chi connectivity index (χ4n) is 2.73. The maximum Gasteiger partial charge on any atom is 0.254 e. The van der Waals surface area contributed by atoms with Crippen molar-refractivity contribution in [1.82, 2.24) is 9.88 Å². The molecule has 3 rings (SSSR count). The SMILES string of the molecule is CN(CC1CCCO1)C(=O)c1ccnc2c(S)cccc12. The van der Waals surface area contributed by atoms with Gasteiger partial charge in [0.1, 0.15) is 0 Å². The van der Waals surface area contributed by atoms with Gasteiger partial charge in [-0.2, -0.15) is 0 Å². The lowest BCUT2D eigenvalue weighted by Gasteiger charge is -2.21. The van der Waals surface area contributed by atoms with Crippen LogP contribution in [0.4, 0.5) is 0 Å². The molecule has 1 saturated heterocycles. The summed E-state index contributed by atoms with van der Waals surface area (Å²) in [6.07, 6.45) is 3.92. The number of nitrogens with zero attached hydrogens (tertiary/aromatic N) is 2. The van der Waals surface area contributed by atoms with Crippen LogP contribution in [0.1, 0.15) is 23.2 Å². The van der Waals surface area contributed by atoms with E-state index in [1.165, 1.54) is 0 Å². The number of likely N-dealkylation sites (N-methyl/N-ethyl adjacent to an activating group) is 1. The smallest absolute Gasteiger partial charge is 0.254 e. The van der Waals surface area contributed by atoms with Crippen LogP contribution in [-0.2, 0) is 4.74 Å². The van der Waals surface area contributed by atoms with E-state index >= 15 is 0 Å². The standard InChI is InChI=1S/C16H18N2O2S/c1-18(10-11-4-3-9-20-11)16(19)13-7-8-17-15-12(13)5-2-6-14(15)21/h2,5-8,11,21H,3-4,9-10H2,1H3. The molecule has 0 saturated carbocycles. The van der Waals surface area contributed by atoms with Gasteiger partial charge in [0, 0.05) is 36.7 Å². The number of carbonyl (C=O) groups excluding carboxylic acids is 1. The minimum atomic E-state index is -0.00293. The molecule has 0 radical (unpaired) electrons. The summed E-state index contributed by atoms with van der Waals surface area (Å²) in [4.78, 5) is 19.5. The van der Waals surface area contributed by atoms with Crippen molar-refractivity contribution < 1.29 is 9.53 Å². The number of hydrogen-bond acceptors (Lipinski definition) is 4. The summed E-state index contributed by atoms with van der Waals surface area (Å²) >= 11 is 4.40. The Bertz CT molecular complexity index is 668. The van der Waals surface area contributed by atoms with Crippen molar-refractivity contribution in [2.24, 2.45) is 0 Å². The largest absolute Gasteiger partial charge is 0.376 e. The van der Waals surface area contributed by atoms with Crippen LogP contribution in [0.5, 0.6) is 0 Å². The number of hydrogen-bond donors (Lipinski definition) is 1. The van der Waals surface area contributed by atoms with Crippen molar-refractivity contribution in [2.45, 2.75) is 23.8 Å². The van der Waals surface area contributed by atoms with E-state index in [-0.39, 0.29) is 12.0 Å². The third-order valence-corrected chi connectivity index (χ3v) is 4.19. The van der Waals surface area contributed by atoms with E-state index in [0.29, 0.717) is 12.1 Å². The monoisotopic (exact) mass is 302 g/mol. The Balaban J connectivity index is 1.88. The molecule has 5 heteroatoms. The fourth-order valence-corrected chi connectivity index (χ4v) is 2.99. The predicted octanol–water partition coefficient (Wildman–Crippen LogP) is 2.77. The van der Waals surface area contributed by atoms with Gasteiger partial charge in [-0.3, -0.25) is 9.78 Å². The number of aromatic nitrogens is 1. The summed E-state index contributed by atoms with van der Waals surface area (Å²) in [5, 5.41) is 0.842. The van der Waals surface area contributed by atoms with Crippen LogP contribution in [0.2, 0.25) is 0 Å². The minimum Gasteiger partial charge on any atom is -0.376 e. The van der Waals surface area contributed by atoms with Gasteiger partial charge in [0.2, 0.25) is 0 Å². The first-order valence-electron chi connectivity index (χ1n) is 7.10. The molecule has 1 aromatic carbocycles. The van der Waals surface area contributed by atoms with Crippen LogP contribution >= 0.6 is 12.6 Å². The number of pyridine rings is 1. The van der Waals surface area contributed by atoms with Crippen molar-refractivity contribution in [3.05, 3.63) is 36.0 Å². The second-order valence-electron chi connectivity index (χ2n) is 5.35. The molecule has 1 atom stereocenters. The molecule has 21 heavy (non-hydrogen) atoms. The molecule has 2 heterocycles. The molecule has 0 N–H and O–H groups in total. The number of thiol groups is 1. The van der Waals surface area contributed by atoms with E-state index < -0.39 is 0 Å². The summed E-state index contributed by atoms with van der Waals surface area (Å²) in [7, 11) is 1.82. The second-order valence-corrected chi connectivity index (χ2v) is 5.83. The van der Waals surface area contributed by atoms with E-state index in [1.807, 2.05) is 25.2 Å². The summed E-state index contributed by atoms with van der Waals surface area (Å²) in [6.45, 7) is 1.43. The second kappa shape index (κ2) is 6.03. The van der Waals surface area contributed by atoms with Crippen molar-refractivity contribution in [3.8, 4) is 0 Å². The number of carbonyl (C=O) groups is 1. The third-order valence-electron chi connectivity index (χ3n) is 3.83. The van der Waals surface area contributed by atoms with E-state index in [4.69, 9.17) is 4.74 Å². The van der Waals surface area contributed by atoms with Gasteiger partial charge in [-0.25, -0.2) is 0 Å². The van der Waals surface area contributed by atoms with E-state index in [2.05, 4.69) is 17.6 Å². The molecule has 0 aliphatic carbocycles. The third kappa shape index (κ3) is 2.89. The van der Waals surface area contributed by atoms with Gasteiger partial charge in [-0.15, -0.1) is 12.6 Å². The van der Waals surface area contributed by atoms with E-state index in [1.54, 1.807) is 17.2 Å².